The van der Waals surface area contributed by atoms with Crippen LogP contribution >= 0.6 is 11.3 Å². The van der Waals surface area contributed by atoms with Gasteiger partial charge in [0.1, 0.15) is 17.5 Å². The van der Waals surface area contributed by atoms with Crippen molar-refractivity contribution >= 4 is 27.3 Å². The molecule has 3 aromatic rings. The third kappa shape index (κ3) is 4.36. The number of rotatable bonds is 7. The summed E-state index contributed by atoms with van der Waals surface area (Å²) >= 11 is 1.61. The molecule has 1 N–H and O–H groups in total. The number of carbonyl (C=O) groups excluding carboxylic acids is 1. The van der Waals surface area contributed by atoms with E-state index < -0.39 is 6.10 Å². The van der Waals surface area contributed by atoms with Crippen molar-refractivity contribution in [2.75, 3.05) is 13.7 Å². The van der Waals surface area contributed by atoms with Crippen LogP contribution in [0.5, 0.6) is 11.5 Å². The summed E-state index contributed by atoms with van der Waals surface area (Å²) < 4.78 is 12.4. The first-order valence-corrected chi connectivity index (χ1v) is 11.2. The van der Waals surface area contributed by atoms with Crippen LogP contribution in [0.2, 0.25) is 0 Å². The number of benzene rings is 1. The number of fused-ring (bicyclic) bond motifs is 3. The number of carbonyl (C=O) groups is 1. The summed E-state index contributed by atoms with van der Waals surface area (Å²) in [6, 6.07) is 4.89. The van der Waals surface area contributed by atoms with Crippen LogP contribution in [0.4, 0.5) is 0 Å². The van der Waals surface area contributed by atoms with E-state index in [1.807, 2.05) is 0 Å². The zero-order valence-electron chi connectivity index (χ0n) is 17.9. The molecule has 1 aliphatic rings. The van der Waals surface area contributed by atoms with Crippen LogP contribution in [0, 0.1) is 5.92 Å². The van der Waals surface area contributed by atoms with E-state index in [9.17, 15) is 14.7 Å². The molecule has 2 atom stereocenters. The number of thiophene rings is 1. The molecule has 4 rings (SSSR count). The van der Waals surface area contributed by atoms with Crippen LogP contribution < -0.4 is 15.0 Å². The quantitative estimate of drug-likeness (QED) is 0.565. The van der Waals surface area contributed by atoms with E-state index >= 15 is 0 Å². The standard InChI is InChI=1S/C23H26N2O5S/c1-13-4-6-17-20(8-13)31-22-21(17)23(28)25(12-24-22)10-16(27)11-30-18-7-5-15(14(2)26)9-19(18)29-3/h5,7,9,12-13,16,27H,4,6,8,10-11H2,1-3H3/t13-,16-/m0/s1. The van der Waals surface area contributed by atoms with Gasteiger partial charge < -0.3 is 14.6 Å². The largest absolute Gasteiger partial charge is 0.493 e. The van der Waals surface area contributed by atoms with Gasteiger partial charge in [-0.1, -0.05) is 6.92 Å². The van der Waals surface area contributed by atoms with Gasteiger partial charge in [-0.2, -0.15) is 0 Å². The van der Waals surface area contributed by atoms with Gasteiger partial charge >= 0.3 is 0 Å². The third-order valence-corrected chi connectivity index (χ3v) is 6.85. The minimum absolute atomic E-state index is 0.0283. The molecule has 1 aromatic carbocycles. The average molecular weight is 443 g/mol. The smallest absolute Gasteiger partial charge is 0.262 e. The number of nitrogens with zero attached hydrogens (tertiary/aromatic N) is 2. The molecule has 1 aliphatic carbocycles. The highest BCUT2D eigenvalue weighted by molar-refractivity contribution is 7.18. The second kappa shape index (κ2) is 8.80. The maximum Gasteiger partial charge on any atom is 0.262 e. The molecule has 0 saturated heterocycles. The maximum atomic E-state index is 13.1. The molecule has 0 unspecified atom stereocenters. The molecule has 2 aromatic heterocycles. The normalized spacial score (nSPS) is 16.7. The fraction of sp³-hybridized carbons (Fsp3) is 0.435. The lowest BCUT2D eigenvalue weighted by Gasteiger charge is -2.18. The monoisotopic (exact) mass is 442 g/mol. The number of aliphatic hydroxyl groups is 1. The number of hydrogen-bond donors (Lipinski definition) is 1. The van der Waals surface area contributed by atoms with Crippen molar-refractivity contribution < 1.29 is 19.4 Å². The Labute approximate surface area is 184 Å². The van der Waals surface area contributed by atoms with Gasteiger partial charge in [0, 0.05) is 10.4 Å². The molecule has 31 heavy (non-hydrogen) atoms. The highest BCUT2D eigenvalue weighted by atomic mass is 32.1. The Kier molecular flexibility index (Phi) is 6.11. The van der Waals surface area contributed by atoms with Gasteiger partial charge in [0.25, 0.3) is 5.56 Å². The van der Waals surface area contributed by atoms with E-state index in [0.717, 1.165) is 29.7 Å². The molecule has 0 spiro atoms. The molecule has 0 fully saturated rings. The van der Waals surface area contributed by atoms with Crippen LogP contribution in [0.1, 0.15) is 41.1 Å². The number of Topliss-reactive ketones (excluding diaryl/α,β-unsaturated/α-hetero) is 1. The summed E-state index contributed by atoms with van der Waals surface area (Å²) in [6.45, 7) is 3.76. The Bertz CT molecular complexity index is 1180. The highest BCUT2D eigenvalue weighted by Crippen LogP contribution is 2.35. The van der Waals surface area contributed by atoms with E-state index in [0.29, 0.717) is 28.4 Å². The highest BCUT2D eigenvalue weighted by Gasteiger charge is 2.23. The van der Waals surface area contributed by atoms with Crippen molar-refractivity contribution in [1.82, 2.24) is 9.55 Å². The first-order valence-electron chi connectivity index (χ1n) is 10.4. The number of aromatic nitrogens is 2. The topological polar surface area (TPSA) is 90.7 Å². The van der Waals surface area contributed by atoms with Crippen molar-refractivity contribution in [1.29, 1.82) is 0 Å². The summed E-state index contributed by atoms with van der Waals surface area (Å²) in [6.07, 6.45) is 3.56. The fourth-order valence-electron chi connectivity index (χ4n) is 3.97. The summed E-state index contributed by atoms with van der Waals surface area (Å²) in [7, 11) is 1.49. The van der Waals surface area contributed by atoms with Gasteiger partial charge in [-0.25, -0.2) is 4.98 Å². The first-order chi connectivity index (χ1) is 14.9. The van der Waals surface area contributed by atoms with Crippen molar-refractivity contribution in [2.45, 2.75) is 45.8 Å². The summed E-state index contributed by atoms with van der Waals surface area (Å²) in [5, 5.41) is 11.2. The molecule has 0 radical (unpaired) electrons. The number of aryl methyl sites for hydroxylation is 1. The van der Waals surface area contributed by atoms with Gasteiger partial charge in [0.05, 0.1) is 25.4 Å². The van der Waals surface area contributed by atoms with Gasteiger partial charge in [-0.3, -0.25) is 14.2 Å². The Morgan fingerprint density at radius 1 is 1.39 bits per heavy atom. The molecular formula is C23H26N2O5S. The Morgan fingerprint density at radius 2 is 2.19 bits per heavy atom. The third-order valence-electron chi connectivity index (χ3n) is 5.69. The van der Waals surface area contributed by atoms with Crippen LogP contribution in [0.15, 0.2) is 29.3 Å². The lowest BCUT2D eigenvalue weighted by atomic mass is 9.89. The Balaban J connectivity index is 1.49. The second-order valence-electron chi connectivity index (χ2n) is 8.12. The first kappa shape index (κ1) is 21.5. The van der Waals surface area contributed by atoms with E-state index in [-0.39, 0.29) is 24.5 Å². The molecule has 2 heterocycles. The van der Waals surface area contributed by atoms with Crippen LogP contribution in [-0.4, -0.2) is 40.3 Å². The van der Waals surface area contributed by atoms with E-state index in [1.165, 1.54) is 29.8 Å². The minimum atomic E-state index is -0.913. The second-order valence-corrected chi connectivity index (χ2v) is 9.20. The lowest BCUT2D eigenvalue weighted by molar-refractivity contribution is 0.0898. The van der Waals surface area contributed by atoms with Crippen molar-refractivity contribution in [3.05, 3.63) is 50.9 Å². The average Bonchev–Trinajstić information content (AvgIpc) is 3.12. The van der Waals surface area contributed by atoms with Crippen LogP contribution in [-0.2, 0) is 19.4 Å². The summed E-state index contributed by atoms with van der Waals surface area (Å²) in [5.41, 5.74) is 1.54. The summed E-state index contributed by atoms with van der Waals surface area (Å²) in [4.78, 5) is 31.1. The van der Waals surface area contributed by atoms with Gasteiger partial charge in [-0.05, 0) is 55.9 Å². The number of ketones is 1. The van der Waals surface area contributed by atoms with Crippen LogP contribution in [0.25, 0.3) is 10.2 Å². The van der Waals surface area contributed by atoms with Crippen molar-refractivity contribution in [3.63, 3.8) is 0 Å². The number of aliphatic hydroxyl groups excluding tert-OH is 1. The SMILES string of the molecule is COc1cc(C(C)=O)ccc1OC[C@@H](O)Cn1cnc2sc3c(c2c1=O)CC[C@H](C)C3. The fourth-order valence-corrected chi connectivity index (χ4v) is 5.31. The zero-order valence-corrected chi connectivity index (χ0v) is 18.7. The lowest BCUT2D eigenvalue weighted by Crippen LogP contribution is -2.30. The number of ether oxygens (including phenoxy) is 2. The zero-order chi connectivity index (χ0) is 22.1. The predicted molar refractivity (Wildman–Crippen MR) is 120 cm³/mol. The molecule has 7 nitrogen and oxygen atoms in total. The van der Waals surface area contributed by atoms with Crippen molar-refractivity contribution in [3.8, 4) is 11.5 Å². The Hall–Kier alpha value is -2.71. The van der Waals surface area contributed by atoms with Gasteiger partial charge in [0.2, 0.25) is 0 Å². The minimum Gasteiger partial charge on any atom is -0.493 e. The van der Waals surface area contributed by atoms with Crippen molar-refractivity contribution in [2.24, 2.45) is 5.92 Å². The van der Waals surface area contributed by atoms with E-state index in [4.69, 9.17) is 9.47 Å². The number of methoxy groups -OCH3 is 1. The maximum absolute atomic E-state index is 13.1. The molecule has 0 saturated carbocycles. The predicted octanol–water partition coefficient (Wildman–Crippen LogP) is 3.23. The molecular weight excluding hydrogens is 416 g/mol. The number of hydrogen-bond acceptors (Lipinski definition) is 7. The Morgan fingerprint density at radius 3 is 2.94 bits per heavy atom. The van der Waals surface area contributed by atoms with Gasteiger partial charge in [-0.15, -0.1) is 11.3 Å². The van der Waals surface area contributed by atoms with Gasteiger partial charge in [0.15, 0.2) is 17.3 Å². The summed E-state index contributed by atoms with van der Waals surface area (Å²) in [5.74, 6) is 1.40. The molecule has 0 amide bonds. The molecule has 0 bridgehead atoms. The van der Waals surface area contributed by atoms with E-state index in [1.54, 1.807) is 29.5 Å². The molecule has 0 aliphatic heterocycles. The van der Waals surface area contributed by atoms with E-state index in [2.05, 4.69) is 11.9 Å². The molecule has 164 valence electrons. The molecule has 8 heteroatoms. The van der Waals surface area contributed by atoms with Crippen LogP contribution in [0.3, 0.4) is 0 Å².